The Balaban J connectivity index is 2.03. The summed E-state index contributed by atoms with van der Waals surface area (Å²) in [5.74, 6) is 0.255. The van der Waals surface area contributed by atoms with Gasteiger partial charge in [0.15, 0.2) is 0 Å². The largest absolute Gasteiger partial charge is 0.299 e. The smallest absolute Gasteiger partial charge is 0.138 e. The summed E-state index contributed by atoms with van der Waals surface area (Å²) in [6, 6.07) is 5.21. The highest BCUT2D eigenvalue weighted by Crippen LogP contribution is 2.25. The maximum Gasteiger partial charge on any atom is 0.138 e. The highest BCUT2D eigenvalue weighted by molar-refractivity contribution is 6.42. The standard InChI is InChI=1S/C12H12Cl2N2O/c13-11-5-4-9(7-12(11)14)16-15-8-2-1-3-10(17)6-8/h4-5,7,16H,1-3,6H2. The Morgan fingerprint density at radius 3 is 2.71 bits per heavy atom. The molecule has 1 aliphatic carbocycles. The lowest BCUT2D eigenvalue weighted by atomic mass is 9.97. The Labute approximate surface area is 110 Å². The first-order valence-electron chi connectivity index (χ1n) is 5.43. The number of hydrogen-bond acceptors (Lipinski definition) is 3. The third kappa shape index (κ3) is 3.45. The molecule has 1 fully saturated rings. The highest BCUT2D eigenvalue weighted by atomic mass is 35.5. The lowest BCUT2D eigenvalue weighted by Gasteiger charge is -2.12. The van der Waals surface area contributed by atoms with Gasteiger partial charge in [0.1, 0.15) is 5.78 Å². The van der Waals surface area contributed by atoms with E-state index in [1.54, 1.807) is 18.2 Å². The number of carbonyl (C=O) groups excluding carboxylic acids is 1. The van der Waals surface area contributed by atoms with E-state index < -0.39 is 0 Å². The van der Waals surface area contributed by atoms with Gasteiger partial charge in [-0.25, -0.2) is 0 Å². The summed E-state index contributed by atoms with van der Waals surface area (Å²) in [4.78, 5) is 11.2. The fraction of sp³-hybridized carbons (Fsp3) is 0.333. The Morgan fingerprint density at radius 1 is 1.18 bits per heavy atom. The first kappa shape index (κ1) is 12.4. The minimum absolute atomic E-state index is 0.255. The van der Waals surface area contributed by atoms with E-state index in [1.165, 1.54) is 0 Å². The molecule has 1 aromatic rings. The van der Waals surface area contributed by atoms with Gasteiger partial charge in [0.25, 0.3) is 0 Å². The van der Waals surface area contributed by atoms with Crippen LogP contribution in [0.3, 0.4) is 0 Å². The first-order valence-corrected chi connectivity index (χ1v) is 6.19. The summed E-state index contributed by atoms with van der Waals surface area (Å²) in [6.45, 7) is 0. The van der Waals surface area contributed by atoms with Gasteiger partial charge < -0.3 is 0 Å². The van der Waals surface area contributed by atoms with Crippen molar-refractivity contribution in [2.45, 2.75) is 25.7 Å². The molecule has 3 nitrogen and oxygen atoms in total. The van der Waals surface area contributed by atoms with E-state index in [4.69, 9.17) is 23.2 Å². The molecule has 1 aliphatic rings. The van der Waals surface area contributed by atoms with Crippen molar-refractivity contribution in [1.29, 1.82) is 0 Å². The van der Waals surface area contributed by atoms with Gasteiger partial charge in [-0.2, -0.15) is 5.10 Å². The van der Waals surface area contributed by atoms with Gasteiger partial charge in [-0.1, -0.05) is 23.2 Å². The number of halogens is 2. The Kier molecular flexibility index (Phi) is 4.02. The van der Waals surface area contributed by atoms with Gasteiger partial charge >= 0.3 is 0 Å². The summed E-state index contributed by atoms with van der Waals surface area (Å²) >= 11 is 11.7. The molecule has 0 heterocycles. The van der Waals surface area contributed by atoms with Crippen LogP contribution in [-0.2, 0) is 4.79 Å². The van der Waals surface area contributed by atoms with Crippen LogP contribution in [0, 0.1) is 0 Å². The van der Waals surface area contributed by atoms with E-state index in [-0.39, 0.29) is 5.78 Å². The molecule has 0 radical (unpaired) electrons. The maximum atomic E-state index is 11.2. The zero-order valence-electron chi connectivity index (χ0n) is 9.17. The van der Waals surface area contributed by atoms with Gasteiger partial charge in [-0.3, -0.25) is 10.2 Å². The zero-order valence-corrected chi connectivity index (χ0v) is 10.7. The Bertz CT molecular complexity index is 472. The predicted octanol–water partition coefficient (Wildman–Crippen LogP) is 3.90. The molecule has 2 rings (SSSR count). The van der Waals surface area contributed by atoms with Crippen molar-refractivity contribution >= 4 is 40.4 Å². The fourth-order valence-corrected chi connectivity index (χ4v) is 2.00. The number of anilines is 1. The van der Waals surface area contributed by atoms with E-state index in [1.807, 2.05) is 0 Å². The third-order valence-electron chi connectivity index (χ3n) is 2.58. The second kappa shape index (κ2) is 5.52. The van der Waals surface area contributed by atoms with Gasteiger partial charge in [0.2, 0.25) is 0 Å². The average Bonchev–Trinajstić information content (AvgIpc) is 2.31. The molecule has 0 amide bonds. The number of carbonyl (C=O) groups is 1. The van der Waals surface area contributed by atoms with Crippen molar-refractivity contribution in [2.24, 2.45) is 5.10 Å². The molecule has 0 spiro atoms. The van der Waals surface area contributed by atoms with Crippen molar-refractivity contribution < 1.29 is 4.79 Å². The topological polar surface area (TPSA) is 41.5 Å². The molecular weight excluding hydrogens is 259 g/mol. The van der Waals surface area contributed by atoms with Crippen molar-refractivity contribution in [2.75, 3.05) is 5.43 Å². The number of rotatable bonds is 2. The first-order chi connectivity index (χ1) is 8.15. The van der Waals surface area contributed by atoms with Crippen LogP contribution in [0.15, 0.2) is 23.3 Å². The lowest BCUT2D eigenvalue weighted by molar-refractivity contribution is -0.118. The van der Waals surface area contributed by atoms with Gasteiger partial charge in [-0.05, 0) is 31.0 Å². The van der Waals surface area contributed by atoms with E-state index >= 15 is 0 Å². The molecule has 0 aliphatic heterocycles. The lowest BCUT2D eigenvalue weighted by Crippen LogP contribution is -2.15. The van der Waals surface area contributed by atoms with Gasteiger partial charge in [0.05, 0.1) is 15.7 Å². The van der Waals surface area contributed by atoms with E-state index in [9.17, 15) is 4.79 Å². The monoisotopic (exact) mass is 270 g/mol. The van der Waals surface area contributed by atoms with Crippen LogP contribution < -0.4 is 5.43 Å². The van der Waals surface area contributed by atoms with Crippen molar-refractivity contribution in [3.63, 3.8) is 0 Å². The van der Waals surface area contributed by atoms with Crippen LogP contribution in [0.2, 0.25) is 10.0 Å². The minimum atomic E-state index is 0.255. The van der Waals surface area contributed by atoms with E-state index in [0.717, 1.165) is 24.2 Å². The van der Waals surface area contributed by atoms with Crippen LogP contribution in [-0.4, -0.2) is 11.5 Å². The second-order valence-electron chi connectivity index (χ2n) is 3.99. The Hall–Kier alpha value is -1.06. The number of Topliss-reactive ketones (excluding diaryl/α,β-unsaturated/α-hetero) is 1. The fourth-order valence-electron chi connectivity index (χ4n) is 1.70. The molecule has 0 saturated heterocycles. The van der Waals surface area contributed by atoms with Crippen molar-refractivity contribution in [3.05, 3.63) is 28.2 Å². The molecular formula is C12H12Cl2N2O. The molecule has 0 atom stereocenters. The maximum absolute atomic E-state index is 11.2. The number of nitrogens with zero attached hydrogens (tertiary/aromatic N) is 1. The number of ketones is 1. The molecule has 0 unspecified atom stereocenters. The van der Waals surface area contributed by atoms with E-state index in [2.05, 4.69) is 10.5 Å². The molecule has 1 aromatic carbocycles. The summed E-state index contributed by atoms with van der Waals surface area (Å²) < 4.78 is 0. The third-order valence-corrected chi connectivity index (χ3v) is 3.32. The SMILES string of the molecule is O=C1CCCC(=NNc2ccc(Cl)c(Cl)c2)C1. The van der Waals surface area contributed by atoms with Crippen LogP contribution in [0.25, 0.3) is 0 Å². The number of hydrogen-bond donors (Lipinski definition) is 1. The summed E-state index contributed by atoms with van der Waals surface area (Å²) in [5.41, 5.74) is 4.56. The molecule has 0 aromatic heterocycles. The Morgan fingerprint density at radius 2 is 2.00 bits per heavy atom. The number of hydrazone groups is 1. The predicted molar refractivity (Wildman–Crippen MR) is 71.0 cm³/mol. The van der Waals surface area contributed by atoms with Gasteiger partial charge in [0, 0.05) is 18.6 Å². The summed E-state index contributed by atoms with van der Waals surface area (Å²) in [7, 11) is 0. The van der Waals surface area contributed by atoms with Crippen LogP contribution in [0.5, 0.6) is 0 Å². The van der Waals surface area contributed by atoms with Crippen molar-refractivity contribution in [3.8, 4) is 0 Å². The molecule has 1 saturated carbocycles. The molecule has 5 heteroatoms. The summed E-state index contributed by atoms with van der Waals surface area (Å²) in [5, 5.41) is 5.21. The van der Waals surface area contributed by atoms with Gasteiger partial charge in [-0.15, -0.1) is 0 Å². The van der Waals surface area contributed by atoms with E-state index in [0.29, 0.717) is 22.9 Å². The molecule has 90 valence electrons. The number of benzene rings is 1. The molecule has 1 N–H and O–H groups in total. The second-order valence-corrected chi connectivity index (χ2v) is 4.80. The minimum Gasteiger partial charge on any atom is -0.299 e. The quantitative estimate of drug-likeness (QED) is 0.828. The van der Waals surface area contributed by atoms with Crippen molar-refractivity contribution in [1.82, 2.24) is 0 Å². The average molecular weight is 271 g/mol. The van der Waals surface area contributed by atoms with Crippen LogP contribution in [0.4, 0.5) is 5.69 Å². The van der Waals surface area contributed by atoms with Crippen LogP contribution >= 0.6 is 23.2 Å². The van der Waals surface area contributed by atoms with Crippen LogP contribution in [0.1, 0.15) is 25.7 Å². The number of nitrogens with one attached hydrogen (secondary N) is 1. The summed E-state index contributed by atoms with van der Waals surface area (Å²) in [6.07, 6.45) is 2.89. The highest BCUT2D eigenvalue weighted by Gasteiger charge is 2.14. The normalized spacial score (nSPS) is 18.5. The molecule has 0 bridgehead atoms. The zero-order chi connectivity index (χ0) is 12.3. The molecule has 17 heavy (non-hydrogen) atoms.